The molecular formula is C13H21N5O2S. The molecule has 0 atom stereocenters. The highest BCUT2D eigenvalue weighted by atomic mass is 32.2. The average Bonchev–Trinajstić information content (AvgIpc) is 3.06. The summed E-state index contributed by atoms with van der Waals surface area (Å²) >= 11 is 0. The van der Waals surface area contributed by atoms with Crippen LogP contribution < -0.4 is 5.32 Å². The Kier molecular flexibility index (Phi) is 4.81. The second-order valence-electron chi connectivity index (χ2n) is 4.86. The van der Waals surface area contributed by atoms with Gasteiger partial charge in [-0.15, -0.1) is 0 Å². The highest BCUT2D eigenvalue weighted by Gasteiger charge is 2.23. The van der Waals surface area contributed by atoms with Crippen LogP contribution in [-0.4, -0.2) is 40.9 Å². The Labute approximate surface area is 125 Å². The van der Waals surface area contributed by atoms with E-state index in [0.29, 0.717) is 12.4 Å². The van der Waals surface area contributed by atoms with Crippen LogP contribution in [0.3, 0.4) is 0 Å². The summed E-state index contributed by atoms with van der Waals surface area (Å²) in [5, 5.41) is 3.15. The summed E-state index contributed by atoms with van der Waals surface area (Å²) < 4.78 is 28.1. The van der Waals surface area contributed by atoms with Gasteiger partial charge in [-0.3, -0.25) is 0 Å². The summed E-state index contributed by atoms with van der Waals surface area (Å²) in [6, 6.07) is 1.66. The lowest BCUT2D eigenvalue weighted by molar-refractivity contribution is 0.451. The number of aromatic amines is 1. The summed E-state index contributed by atoms with van der Waals surface area (Å²) in [4.78, 5) is 7.40. The highest BCUT2D eigenvalue weighted by molar-refractivity contribution is 7.89. The van der Waals surface area contributed by atoms with Gasteiger partial charge in [-0.05, 0) is 12.6 Å². The SMILES string of the molecule is CCNCc1cc(S(=O)(=O)N(C)Cc2nccn2C)c[nH]1. The summed E-state index contributed by atoms with van der Waals surface area (Å²) in [7, 11) is -0.118. The monoisotopic (exact) mass is 311 g/mol. The third-order valence-corrected chi connectivity index (χ3v) is 5.06. The maximum Gasteiger partial charge on any atom is 0.244 e. The zero-order valence-corrected chi connectivity index (χ0v) is 13.3. The molecule has 21 heavy (non-hydrogen) atoms. The molecule has 2 aromatic rings. The molecule has 0 saturated heterocycles. The van der Waals surface area contributed by atoms with Crippen LogP contribution in [0, 0.1) is 0 Å². The predicted octanol–water partition coefficient (Wildman–Crippen LogP) is 0.678. The van der Waals surface area contributed by atoms with Gasteiger partial charge in [0.15, 0.2) is 0 Å². The van der Waals surface area contributed by atoms with E-state index in [1.165, 1.54) is 10.5 Å². The molecule has 0 aliphatic rings. The van der Waals surface area contributed by atoms with Crippen molar-refractivity contribution in [1.29, 1.82) is 0 Å². The molecular weight excluding hydrogens is 290 g/mol. The summed E-state index contributed by atoms with van der Waals surface area (Å²) in [5.41, 5.74) is 0.848. The van der Waals surface area contributed by atoms with Crippen LogP contribution in [0.25, 0.3) is 0 Å². The smallest absolute Gasteiger partial charge is 0.244 e. The van der Waals surface area contributed by atoms with Crippen LogP contribution in [0.5, 0.6) is 0 Å². The van der Waals surface area contributed by atoms with E-state index in [1.807, 2.05) is 14.0 Å². The van der Waals surface area contributed by atoms with E-state index in [0.717, 1.165) is 12.2 Å². The minimum absolute atomic E-state index is 0.236. The van der Waals surface area contributed by atoms with E-state index in [-0.39, 0.29) is 11.4 Å². The molecule has 0 aromatic carbocycles. The van der Waals surface area contributed by atoms with Crippen molar-refractivity contribution in [3.05, 3.63) is 36.2 Å². The Morgan fingerprint density at radius 2 is 2.24 bits per heavy atom. The fourth-order valence-electron chi connectivity index (χ4n) is 1.94. The molecule has 116 valence electrons. The van der Waals surface area contributed by atoms with E-state index in [9.17, 15) is 8.42 Å². The molecule has 0 aliphatic carbocycles. The Morgan fingerprint density at radius 3 is 2.86 bits per heavy atom. The fraction of sp³-hybridized carbons (Fsp3) is 0.462. The molecule has 2 rings (SSSR count). The number of rotatable bonds is 7. The number of nitrogens with zero attached hydrogens (tertiary/aromatic N) is 3. The first-order chi connectivity index (χ1) is 9.95. The van der Waals surface area contributed by atoms with Gasteiger partial charge in [-0.25, -0.2) is 13.4 Å². The zero-order valence-electron chi connectivity index (χ0n) is 12.5. The molecule has 0 saturated carbocycles. The molecule has 0 unspecified atom stereocenters. The summed E-state index contributed by atoms with van der Waals surface area (Å²) in [6.45, 7) is 3.69. The summed E-state index contributed by atoms with van der Waals surface area (Å²) in [5.74, 6) is 0.699. The van der Waals surface area contributed by atoms with Crippen LogP contribution in [0.4, 0.5) is 0 Å². The molecule has 8 heteroatoms. The Bertz CT molecular complexity index is 689. The molecule has 0 spiro atoms. The largest absolute Gasteiger partial charge is 0.363 e. The number of nitrogens with one attached hydrogen (secondary N) is 2. The number of sulfonamides is 1. The molecule has 2 aromatic heterocycles. The predicted molar refractivity (Wildman–Crippen MR) is 80.0 cm³/mol. The van der Waals surface area contributed by atoms with Crippen molar-refractivity contribution in [2.75, 3.05) is 13.6 Å². The summed E-state index contributed by atoms with van der Waals surface area (Å²) in [6.07, 6.45) is 4.97. The van der Waals surface area contributed by atoms with Gasteiger partial charge >= 0.3 is 0 Å². The number of imidazole rings is 1. The molecule has 0 bridgehead atoms. The highest BCUT2D eigenvalue weighted by Crippen LogP contribution is 2.17. The third kappa shape index (κ3) is 3.52. The maximum absolute atomic E-state index is 12.5. The second kappa shape index (κ2) is 6.42. The van der Waals surface area contributed by atoms with Gasteiger partial charge in [-0.2, -0.15) is 4.31 Å². The molecule has 0 aliphatic heterocycles. The van der Waals surface area contributed by atoms with E-state index >= 15 is 0 Å². The van der Waals surface area contributed by atoms with Crippen LogP contribution in [0.1, 0.15) is 18.4 Å². The van der Waals surface area contributed by atoms with Crippen molar-refractivity contribution in [2.45, 2.75) is 24.9 Å². The van der Waals surface area contributed by atoms with Gasteiger partial charge < -0.3 is 14.9 Å². The minimum atomic E-state index is -3.52. The van der Waals surface area contributed by atoms with Crippen LogP contribution in [0.15, 0.2) is 29.6 Å². The number of hydrogen-bond donors (Lipinski definition) is 2. The molecule has 2 N–H and O–H groups in total. The molecule has 7 nitrogen and oxygen atoms in total. The fourth-order valence-corrected chi connectivity index (χ4v) is 3.09. The Balaban J connectivity index is 2.13. The third-order valence-electron chi connectivity index (χ3n) is 3.27. The van der Waals surface area contributed by atoms with Crippen molar-refractivity contribution in [3.63, 3.8) is 0 Å². The number of aromatic nitrogens is 3. The van der Waals surface area contributed by atoms with Crippen molar-refractivity contribution in [1.82, 2.24) is 24.2 Å². The lowest BCUT2D eigenvalue weighted by Gasteiger charge is -2.15. The Hall–Kier alpha value is -1.64. The average molecular weight is 311 g/mol. The number of aryl methyl sites for hydroxylation is 1. The van der Waals surface area contributed by atoms with E-state index in [2.05, 4.69) is 15.3 Å². The molecule has 0 fully saturated rings. The van der Waals surface area contributed by atoms with Crippen molar-refractivity contribution < 1.29 is 8.42 Å². The Morgan fingerprint density at radius 1 is 1.48 bits per heavy atom. The molecule has 0 radical (unpaired) electrons. The molecule has 0 amide bonds. The standard InChI is InChI=1S/C13H21N5O2S/c1-4-14-8-11-7-12(9-16-11)21(19,20)18(3)10-13-15-5-6-17(13)2/h5-7,9,14,16H,4,8,10H2,1-3H3. The van der Waals surface area contributed by atoms with E-state index in [1.54, 1.807) is 30.1 Å². The minimum Gasteiger partial charge on any atom is -0.363 e. The van der Waals surface area contributed by atoms with Crippen LogP contribution in [0.2, 0.25) is 0 Å². The lowest BCUT2D eigenvalue weighted by Crippen LogP contribution is -2.27. The van der Waals surface area contributed by atoms with Crippen molar-refractivity contribution >= 4 is 10.0 Å². The second-order valence-corrected chi connectivity index (χ2v) is 6.90. The topological polar surface area (TPSA) is 83.0 Å². The van der Waals surface area contributed by atoms with Crippen LogP contribution >= 0.6 is 0 Å². The first kappa shape index (κ1) is 15.7. The van der Waals surface area contributed by atoms with Gasteiger partial charge in [0.25, 0.3) is 0 Å². The first-order valence-corrected chi connectivity index (χ1v) is 8.19. The van der Waals surface area contributed by atoms with Gasteiger partial charge in [0.05, 0.1) is 11.4 Å². The van der Waals surface area contributed by atoms with E-state index < -0.39 is 10.0 Å². The van der Waals surface area contributed by atoms with Gasteiger partial charge in [0, 0.05) is 44.9 Å². The molecule has 2 heterocycles. The normalized spacial score (nSPS) is 12.2. The maximum atomic E-state index is 12.5. The zero-order chi connectivity index (χ0) is 15.5. The van der Waals surface area contributed by atoms with Gasteiger partial charge in [0.2, 0.25) is 10.0 Å². The van der Waals surface area contributed by atoms with Gasteiger partial charge in [-0.1, -0.05) is 6.92 Å². The van der Waals surface area contributed by atoms with Crippen molar-refractivity contribution in [2.24, 2.45) is 7.05 Å². The quantitative estimate of drug-likeness (QED) is 0.787. The van der Waals surface area contributed by atoms with Gasteiger partial charge in [0.1, 0.15) is 5.82 Å². The van der Waals surface area contributed by atoms with Crippen molar-refractivity contribution in [3.8, 4) is 0 Å². The van der Waals surface area contributed by atoms with E-state index in [4.69, 9.17) is 0 Å². The van der Waals surface area contributed by atoms with Crippen LogP contribution in [-0.2, 0) is 30.2 Å². The first-order valence-electron chi connectivity index (χ1n) is 6.75. The number of H-pyrrole nitrogens is 1. The lowest BCUT2D eigenvalue weighted by atomic mass is 10.4. The number of hydrogen-bond acceptors (Lipinski definition) is 4.